The van der Waals surface area contributed by atoms with E-state index in [1.165, 1.54) is 0 Å². The van der Waals surface area contributed by atoms with Gasteiger partial charge in [0.2, 0.25) is 0 Å². The van der Waals surface area contributed by atoms with Crippen molar-refractivity contribution in [1.29, 1.82) is 0 Å². The van der Waals surface area contributed by atoms with Crippen LogP contribution in [0.4, 0.5) is 5.69 Å². The Labute approximate surface area is 119 Å². The van der Waals surface area contributed by atoms with E-state index >= 15 is 0 Å². The fraction of sp³-hybridized carbons (Fsp3) is 0.438. The van der Waals surface area contributed by atoms with Crippen LogP contribution < -0.4 is 5.73 Å². The molecular formula is C16H21N3O. The summed E-state index contributed by atoms with van der Waals surface area (Å²) in [5.74, 6) is 0.117. The number of rotatable bonds is 2. The van der Waals surface area contributed by atoms with E-state index in [0.29, 0.717) is 6.04 Å². The summed E-state index contributed by atoms with van der Waals surface area (Å²) in [6, 6.07) is 6.28. The molecule has 0 unspecified atom stereocenters. The summed E-state index contributed by atoms with van der Waals surface area (Å²) < 4.78 is 2.26. The number of hydrogen-bond acceptors (Lipinski definition) is 3. The van der Waals surface area contributed by atoms with Crippen LogP contribution in [-0.2, 0) is 0 Å². The number of piperidine rings is 1. The molecule has 106 valence electrons. The number of aromatic nitrogens is 1. The highest BCUT2D eigenvalue weighted by Gasteiger charge is 2.21. The molecule has 2 aromatic rings. The Kier molecular flexibility index (Phi) is 3.26. The Bertz CT molecular complexity index is 651. The molecule has 1 aromatic carbocycles. The van der Waals surface area contributed by atoms with E-state index in [-0.39, 0.29) is 5.78 Å². The number of carbonyl (C=O) groups excluding carboxylic acids is 1. The Morgan fingerprint density at radius 3 is 2.65 bits per heavy atom. The summed E-state index contributed by atoms with van der Waals surface area (Å²) >= 11 is 0. The van der Waals surface area contributed by atoms with Gasteiger partial charge in [0.1, 0.15) is 0 Å². The maximum absolute atomic E-state index is 11.8. The monoisotopic (exact) mass is 271 g/mol. The van der Waals surface area contributed by atoms with Gasteiger partial charge in [0.05, 0.1) is 5.52 Å². The largest absolute Gasteiger partial charge is 0.399 e. The first-order chi connectivity index (χ1) is 9.56. The molecule has 1 aliphatic heterocycles. The van der Waals surface area contributed by atoms with Crippen LogP contribution in [0.25, 0.3) is 10.9 Å². The van der Waals surface area contributed by atoms with Crippen molar-refractivity contribution in [2.24, 2.45) is 0 Å². The van der Waals surface area contributed by atoms with Crippen LogP contribution >= 0.6 is 0 Å². The number of nitrogens with two attached hydrogens (primary N) is 1. The first-order valence-electron chi connectivity index (χ1n) is 7.16. The van der Waals surface area contributed by atoms with Gasteiger partial charge in [0.15, 0.2) is 5.78 Å². The van der Waals surface area contributed by atoms with E-state index in [2.05, 4.69) is 16.5 Å². The van der Waals surface area contributed by atoms with Gasteiger partial charge in [-0.3, -0.25) is 4.79 Å². The normalized spacial score (nSPS) is 17.7. The van der Waals surface area contributed by atoms with E-state index in [9.17, 15) is 4.79 Å². The summed E-state index contributed by atoms with van der Waals surface area (Å²) in [4.78, 5) is 14.2. The first kappa shape index (κ1) is 13.2. The zero-order valence-corrected chi connectivity index (χ0v) is 12.1. The maximum Gasteiger partial charge on any atom is 0.161 e. The molecule has 1 fully saturated rings. The predicted octanol–water partition coefficient (Wildman–Crippen LogP) is 2.69. The molecule has 1 saturated heterocycles. The topological polar surface area (TPSA) is 51.3 Å². The van der Waals surface area contributed by atoms with Crippen molar-refractivity contribution in [1.82, 2.24) is 9.47 Å². The second-order valence-corrected chi connectivity index (χ2v) is 5.82. The molecule has 2 heterocycles. The van der Waals surface area contributed by atoms with Crippen LogP contribution in [0.2, 0.25) is 0 Å². The van der Waals surface area contributed by atoms with Crippen LogP contribution in [0.1, 0.15) is 36.2 Å². The summed E-state index contributed by atoms with van der Waals surface area (Å²) in [5, 5.41) is 1.02. The minimum atomic E-state index is 0.117. The number of anilines is 1. The molecule has 4 nitrogen and oxygen atoms in total. The van der Waals surface area contributed by atoms with Gasteiger partial charge in [0.25, 0.3) is 0 Å². The average molecular weight is 271 g/mol. The Hall–Kier alpha value is -1.81. The number of benzene rings is 1. The van der Waals surface area contributed by atoms with Crippen molar-refractivity contribution in [3.63, 3.8) is 0 Å². The number of nitrogens with zero attached hydrogens (tertiary/aromatic N) is 2. The molecule has 0 spiro atoms. The van der Waals surface area contributed by atoms with Gasteiger partial charge in [-0.1, -0.05) is 6.07 Å². The molecule has 4 heteroatoms. The quantitative estimate of drug-likeness (QED) is 0.675. The van der Waals surface area contributed by atoms with Crippen LogP contribution in [0.15, 0.2) is 24.4 Å². The summed E-state index contributed by atoms with van der Waals surface area (Å²) in [5.41, 5.74) is 8.57. The third kappa shape index (κ3) is 2.20. The number of fused-ring (bicyclic) bond motifs is 1. The zero-order valence-electron chi connectivity index (χ0n) is 12.1. The Morgan fingerprint density at radius 2 is 2.00 bits per heavy atom. The predicted molar refractivity (Wildman–Crippen MR) is 82.1 cm³/mol. The second kappa shape index (κ2) is 4.94. The molecule has 1 aliphatic rings. The lowest BCUT2D eigenvalue weighted by molar-refractivity contribution is 0.101. The van der Waals surface area contributed by atoms with E-state index in [1.54, 1.807) is 6.92 Å². The first-order valence-corrected chi connectivity index (χ1v) is 7.16. The number of nitrogen functional groups attached to an aromatic ring is 1. The van der Waals surface area contributed by atoms with Crippen LogP contribution in [0.5, 0.6) is 0 Å². The molecular weight excluding hydrogens is 250 g/mol. The standard InChI is InChI=1S/C16H21N3O/c1-11(20)15-10-19(13-5-7-18(2)8-6-13)16-9-12(17)3-4-14(15)16/h3-4,9-10,13H,5-8,17H2,1-2H3. The third-order valence-corrected chi connectivity index (χ3v) is 4.32. The SMILES string of the molecule is CC(=O)c1cn(C2CCN(C)CC2)c2cc(N)ccc12. The van der Waals surface area contributed by atoms with Crippen molar-refractivity contribution in [2.75, 3.05) is 25.9 Å². The number of likely N-dealkylation sites (tertiary alicyclic amines) is 1. The lowest BCUT2D eigenvalue weighted by Gasteiger charge is -2.30. The highest BCUT2D eigenvalue weighted by molar-refractivity contribution is 6.07. The molecule has 3 rings (SSSR count). The summed E-state index contributed by atoms with van der Waals surface area (Å²) in [6.07, 6.45) is 4.25. The van der Waals surface area contributed by atoms with Gasteiger partial charge in [-0.2, -0.15) is 0 Å². The minimum absolute atomic E-state index is 0.117. The fourth-order valence-electron chi connectivity index (χ4n) is 3.12. The van der Waals surface area contributed by atoms with Gasteiger partial charge in [-0.05, 0) is 52.0 Å². The Morgan fingerprint density at radius 1 is 1.30 bits per heavy atom. The van der Waals surface area contributed by atoms with Crippen molar-refractivity contribution in [3.05, 3.63) is 30.0 Å². The van der Waals surface area contributed by atoms with E-state index < -0.39 is 0 Å². The zero-order chi connectivity index (χ0) is 14.3. The number of hydrogen-bond donors (Lipinski definition) is 1. The maximum atomic E-state index is 11.8. The smallest absolute Gasteiger partial charge is 0.161 e. The second-order valence-electron chi connectivity index (χ2n) is 5.82. The van der Waals surface area contributed by atoms with Crippen molar-refractivity contribution in [2.45, 2.75) is 25.8 Å². The summed E-state index contributed by atoms with van der Waals surface area (Å²) in [6.45, 7) is 3.83. The van der Waals surface area contributed by atoms with Crippen molar-refractivity contribution >= 4 is 22.4 Å². The van der Waals surface area contributed by atoms with Crippen LogP contribution in [-0.4, -0.2) is 35.4 Å². The lowest BCUT2D eigenvalue weighted by atomic mass is 10.1. The number of ketones is 1. The van der Waals surface area contributed by atoms with E-state index in [1.807, 2.05) is 24.4 Å². The van der Waals surface area contributed by atoms with Gasteiger partial charge in [0, 0.05) is 28.9 Å². The average Bonchev–Trinajstić information content (AvgIpc) is 2.78. The summed E-state index contributed by atoms with van der Waals surface area (Å²) in [7, 11) is 2.16. The van der Waals surface area contributed by atoms with E-state index in [4.69, 9.17) is 5.73 Å². The molecule has 0 atom stereocenters. The van der Waals surface area contributed by atoms with Crippen molar-refractivity contribution < 1.29 is 4.79 Å². The molecule has 0 bridgehead atoms. The molecule has 20 heavy (non-hydrogen) atoms. The van der Waals surface area contributed by atoms with Crippen LogP contribution in [0, 0.1) is 0 Å². The minimum Gasteiger partial charge on any atom is -0.399 e. The van der Waals surface area contributed by atoms with E-state index in [0.717, 1.165) is 48.1 Å². The number of carbonyl (C=O) groups is 1. The lowest BCUT2D eigenvalue weighted by Crippen LogP contribution is -2.31. The molecule has 0 amide bonds. The fourth-order valence-corrected chi connectivity index (χ4v) is 3.12. The highest BCUT2D eigenvalue weighted by atomic mass is 16.1. The number of Topliss-reactive ketones (excluding diaryl/α,β-unsaturated/α-hetero) is 1. The Balaban J connectivity index is 2.10. The van der Waals surface area contributed by atoms with Crippen molar-refractivity contribution in [3.8, 4) is 0 Å². The highest BCUT2D eigenvalue weighted by Crippen LogP contribution is 2.31. The molecule has 0 radical (unpaired) electrons. The van der Waals surface area contributed by atoms with Crippen LogP contribution in [0.3, 0.4) is 0 Å². The molecule has 0 aliphatic carbocycles. The molecule has 1 aromatic heterocycles. The van der Waals surface area contributed by atoms with Gasteiger partial charge < -0.3 is 15.2 Å². The van der Waals surface area contributed by atoms with Gasteiger partial charge in [-0.15, -0.1) is 0 Å². The van der Waals surface area contributed by atoms with Gasteiger partial charge in [-0.25, -0.2) is 0 Å². The molecule has 0 saturated carbocycles. The molecule has 2 N–H and O–H groups in total. The van der Waals surface area contributed by atoms with Gasteiger partial charge >= 0.3 is 0 Å². The third-order valence-electron chi connectivity index (χ3n) is 4.32.